The molecule has 0 amide bonds. The molecular formula is C14H23O2PS. The second-order valence-electron chi connectivity index (χ2n) is 4.39. The largest absolute Gasteiger partial charge is 0.314 e. The van der Waals surface area contributed by atoms with E-state index in [2.05, 4.69) is 26.0 Å². The molecule has 0 heterocycles. The van der Waals surface area contributed by atoms with Crippen LogP contribution < -0.4 is 0 Å². The number of thioether (sulfide) groups is 1. The van der Waals surface area contributed by atoms with Crippen LogP contribution in [0.2, 0.25) is 0 Å². The summed E-state index contributed by atoms with van der Waals surface area (Å²) in [7, 11) is -1.16. The Morgan fingerprint density at radius 1 is 1.17 bits per heavy atom. The van der Waals surface area contributed by atoms with Gasteiger partial charge in [-0.25, -0.2) is 0 Å². The van der Waals surface area contributed by atoms with E-state index in [9.17, 15) is 4.57 Å². The molecule has 0 aliphatic rings. The van der Waals surface area contributed by atoms with E-state index in [0.717, 1.165) is 32.1 Å². The van der Waals surface area contributed by atoms with Gasteiger partial charge >= 0.3 is 0 Å². The SMILES string of the molecule is CCCCC(CCC)(O[PH2]=O)Sc1ccccc1. The predicted molar refractivity (Wildman–Crippen MR) is 80.9 cm³/mol. The molecule has 2 atom stereocenters. The van der Waals surface area contributed by atoms with Crippen molar-refractivity contribution in [2.24, 2.45) is 0 Å². The van der Waals surface area contributed by atoms with Crippen molar-refractivity contribution in [2.75, 3.05) is 0 Å². The summed E-state index contributed by atoms with van der Waals surface area (Å²) in [5, 5.41) is 0. The highest BCUT2D eigenvalue weighted by Crippen LogP contribution is 2.43. The molecular weight excluding hydrogens is 263 g/mol. The fourth-order valence-electron chi connectivity index (χ4n) is 1.99. The van der Waals surface area contributed by atoms with E-state index >= 15 is 0 Å². The van der Waals surface area contributed by atoms with Crippen LogP contribution >= 0.6 is 20.4 Å². The van der Waals surface area contributed by atoms with Crippen molar-refractivity contribution in [1.82, 2.24) is 0 Å². The van der Waals surface area contributed by atoms with Crippen LogP contribution in [0.15, 0.2) is 35.2 Å². The van der Waals surface area contributed by atoms with Crippen LogP contribution in [-0.2, 0) is 9.09 Å². The highest BCUT2D eigenvalue weighted by atomic mass is 32.2. The molecule has 0 fully saturated rings. The van der Waals surface area contributed by atoms with E-state index in [4.69, 9.17) is 4.52 Å². The molecule has 0 bridgehead atoms. The van der Waals surface area contributed by atoms with Gasteiger partial charge in [-0.05, 0) is 31.4 Å². The van der Waals surface area contributed by atoms with Gasteiger partial charge in [0.05, 0.1) is 0 Å². The highest BCUT2D eigenvalue weighted by molar-refractivity contribution is 8.00. The zero-order valence-electron chi connectivity index (χ0n) is 11.2. The normalized spacial score (nSPS) is 15.0. The summed E-state index contributed by atoms with van der Waals surface area (Å²) in [4.78, 5) is 0.887. The number of hydrogen-bond donors (Lipinski definition) is 0. The Morgan fingerprint density at radius 3 is 2.44 bits per heavy atom. The van der Waals surface area contributed by atoms with Gasteiger partial charge in [-0.3, -0.25) is 4.57 Å². The van der Waals surface area contributed by atoms with Crippen molar-refractivity contribution in [3.8, 4) is 0 Å². The van der Waals surface area contributed by atoms with Gasteiger partial charge < -0.3 is 4.52 Å². The van der Waals surface area contributed by atoms with Gasteiger partial charge in [0.2, 0.25) is 0 Å². The van der Waals surface area contributed by atoms with Crippen LogP contribution in [0.25, 0.3) is 0 Å². The molecule has 1 rings (SSSR count). The van der Waals surface area contributed by atoms with Crippen LogP contribution in [0, 0.1) is 0 Å². The van der Waals surface area contributed by atoms with Crippen LogP contribution in [0.3, 0.4) is 0 Å². The summed E-state index contributed by atoms with van der Waals surface area (Å²) >= 11 is 1.72. The zero-order valence-corrected chi connectivity index (χ0v) is 13.2. The molecule has 2 nitrogen and oxygen atoms in total. The lowest BCUT2D eigenvalue weighted by molar-refractivity contribution is 0.159. The Hall–Kier alpha value is -0.240. The van der Waals surface area contributed by atoms with E-state index in [1.807, 2.05) is 18.2 Å². The molecule has 0 spiro atoms. The highest BCUT2D eigenvalue weighted by Gasteiger charge is 2.30. The lowest BCUT2D eigenvalue weighted by Gasteiger charge is -2.31. The molecule has 1 aromatic carbocycles. The van der Waals surface area contributed by atoms with Crippen molar-refractivity contribution in [1.29, 1.82) is 0 Å². The maximum atomic E-state index is 11.0. The first-order valence-corrected chi connectivity index (χ1v) is 8.38. The maximum Gasteiger partial charge on any atom is 0.181 e. The van der Waals surface area contributed by atoms with Gasteiger partial charge in [-0.15, -0.1) is 0 Å². The Labute approximate surface area is 116 Å². The molecule has 0 aromatic heterocycles. The summed E-state index contributed by atoms with van der Waals surface area (Å²) in [5.74, 6) is 0. The summed E-state index contributed by atoms with van der Waals surface area (Å²) in [6, 6.07) is 10.2. The van der Waals surface area contributed by atoms with Crippen molar-refractivity contribution >= 4 is 20.4 Å². The average molecular weight is 286 g/mol. The molecule has 0 saturated heterocycles. The van der Waals surface area contributed by atoms with E-state index in [0.29, 0.717) is 0 Å². The number of rotatable bonds is 9. The minimum absolute atomic E-state index is 0.302. The Bertz CT molecular complexity index is 345. The molecule has 0 aliphatic carbocycles. The lowest BCUT2D eigenvalue weighted by atomic mass is 10.1. The third kappa shape index (κ3) is 5.17. The van der Waals surface area contributed by atoms with E-state index < -0.39 is 8.69 Å². The molecule has 4 heteroatoms. The molecule has 102 valence electrons. The van der Waals surface area contributed by atoms with Gasteiger partial charge in [0.15, 0.2) is 8.69 Å². The molecule has 2 unspecified atom stereocenters. The Balaban J connectivity index is 2.82. The molecule has 1 aromatic rings. The predicted octanol–water partition coefficient (Wildman–Crippen LogP) is 5.15. The summed E-state index contributed by atoms with van der Waals surface area (Å²) in [5.41, 5.74) is 0. The Kier molecular flexibility index (Phi) is 7.73. The maximum absolute atomic E-state index is 11.0. The quantitative estimate of drug-likeness (QED) is 0.356. The molecule has 0 N–H and O–H groups in total. The van der Waals surface area contributed by atoms with E-state index in [1.165, 1.54) is 4.90 Å². The molecule has 0 aliphatic heterocycles. The number of hydrogen-bond acceptors (Lipinski definition) is 3. The van der Waals surface area contributed by atoms with Crippen LogP contribution in [0.5, 0.6) is 0 Å². The fourth-order valence-corrected chi connectivity index (χ4v) is 3.98. The smallest absolute Gasteiger partial charge is 0.181 e. The van der Waals surface area contributed by atoms with E-state index in [1.54, 1.807) is 11.8 Å². The van der Waals surface area contributed by atoms with Crippen molar-refractivity contribution in [2.45, 2.75) is 55.8 Å². The van der Waals surface area contributed by atoms with Crippen LogP contribution in [0.4, 0.5) is 0 Å². The summed E-state index contributed by atoms with van der Waals surface area (Å²) in [6.07, 6.45) is 5.20. The monoisotopic (exact) mass is 286 g/mol. The minimum Gasteiger partial charge on any atom is -0.314 e. The molecule has 0 saturated carbocycles. The fraction of sp³-hybridized carbons (Fsp3) is 0.571. The first-order chi connectivity index (χ1) is 8.76. The summed E-state index contributed by atoms with van der Waals surface area (Å²) in [6.45, 7) is 4.32. The minimum atomic E-state index is -1.16. The van der Waals surface area contributed by atoms with Crippen molar-refractivity contribution in [3.05, 3.63) is 30.3 Å². The Morgan fingerprint density at radius 2 is 1.89 bits per heavy atom. The first-order valence-electron chi connectivity index (χ1n) is 6.62. The van der Waals surface area contributed by atoms with Gasteiger partial charge in [-0.1, -0.05) is 56.7 Å². The van der Waals surface area contributed by atoms with Gasteiger partial charge in [0.25, 0.3) is 0 Å². The second kappa shape index (κ2) is 8.79. The topological polar surface area (TPSA) is 26.3 Å². The van der Waals surface area contributed by atoms with Gasteiger partial charge in [0.1, 0.15) is 4.93 Å². The van der Waals surface area contributed by atoms with Gasteiger partial charge in [0, 0.05) is 4.90 Å². The van der Waals surface area contributed by atoms with Crippen molar-refractivity contribution < 1.29 is 9.09 Å². The standard InChI is InChI=1S/C14H23O2PS/c1-3-5-12-14(11-4-2,16-17-15)18-13-9-7-6-8-10-13/h6-10H,3-5,11-12,17H2,1-2H3. The van der Waals surface area contributed by atoms with E-state index in [-0.39, 0.29) is 4.93 Å². The van der Waals surface area contributed by atoms with Crippen LogP contribution in [0.1, 0.15) is 46.0 Å². The average Bonchev–Trinajstić information content (AvgIpc) is 2.38. The van der Waals surface area contributed by atoms with Crippen LogP contribution in [-0.4, -0.2) is 4.93 Å². The second-order valence-corrected chi connectivity index (χ2v) is 6.24. The third-order valence-electron chi connectivity index (χ3n) is 2.85. The lowest BCUT2D eigenvalue weighted by Crippen LogP contribution is -2.25. The molecule has 18 heavy (non-hydrogen) atoms. The zero-order chi connectivity index (χ0) is 13.3. The van der Waals surface area contributed by atoms with Crippen molar-refractivity contribution in [3.63, 3.8) is 0 Å². The molecule has 0 radical (unpaired) electrons. The summed E-state index contributed by atoms with van der Waals surface area (Å²) < 4.78 is 16.7. The number of unbranched alkanes of at least 4 members (excludes halogenated alkanes) is 1. The third-order valence-corrected chi connectivity index (χ3v) is 4.95. The number of benzene rings is 1. The first kappa shape index (κ1) is 15.8. The van der Waals surface area contributed by atoms with Gasteiger partial charge in [-0.2, -0.15) is 0 Å².